The summed E-state index contributed by atoms with van der Waals surface area (Å²) < 4.78 is 5.90. The van der Waals surface area contributed by atoms with Gasteiger partial charge in [0.15, 0.2) is 0 Å². The van der Waals surface area contributed by atoms with Gasteiger partial charge in [-0.1, -0.05) is 38.5 Å². The van der Waals surface area contributed by atoms with Crippen molar-refractivity contribution in [2.24, 2.45) is 11.8 Å². The summed E-state index contributed by atoms with van der Waals surface area (Å²) in [4.78, 5) is 0. The Balaban J connectivity index is 2.05. The Morgan fingerprint density at radius 3 is 2.95 bits per heavy atom. The molecule has 0 bridgehead atoms. The molecule has 0 saturated heterocycles. The van der Waals surface area contributed by atoms with Crippen molar-refractivity contribution in [2.45, 2.75) is 51.6 Å². The van der Waals surface area contributed by atoms with Crippen LogP contribution in [0.3, 0.4) is 0 Å². The Bertz CT molecular complexity index is 468. The smallest absolute Gasteiger partial charge is 0.128 e. The Hall–Kier alpha value is -1.02. The van der Waals surface area contributed by atoms with Gasteiger partial charge in [-0.3, -0.25) is 0 Å². The summed E-state index contributed by atoms with van der Waals surface area (Å²) in [5, 5.41) is 11.3. The first-order valence-electron chi connectivity index (χ1n) is 7.59. The van der Waals surface area contributed by atoms with E-state index in [2.05, 4.69) is 32.0 Å². The lowest BCUT2D eigenvalue weighted by Crippen LogP contribution is -2.39. The summed E-state index contributed by atoms with van der Waals surface area (Å²) in [6.45, 7) is 5.20. The first-order valence-corrected chi connectivity index (χ1v) is 7.59. The molecule has 104 valence electrons. The molecule has 1 aliphatic carbocycles. The van der Waals surface area contributed by atoms with Crippen molar-refractivity contribution in [1.82, 2.24) is 0 Å². The van der Waals surface area contributed by atoms with Gasteiger partial charge in [0, 0.05) is 5.56 Å². The van der Waals surface area contributed by atoms with E-state index in [9.17, 15) is 5.11 Å². The third-order valence-corrected chi connectivity index (χ3v) is 4.97. The van der Waals surface area contributed by atoms with Crippen molar-refractivity contribution in [3.63, 3.8) is 0 Å². The van der Waals surface area contributed by atoms with Gasteiger partial charge in [0.25, 0.3) is 0 Å². The largest absolute Gasteiger partial charge is 0.493 e. The van der Waals surface area contributed by atoms with Crippen molar-refractivity contribution < 1.29 is 9.84 Å². The molecule has 0 spiro atoms. The van der Waals surface area contributed by atoms with Crippen LogP contribution in [0.4, 0.5) is 0 Å². The predicted molar refractivity (Wildman–Crippen MR) is 76.3 cm³/mol. The Morgan fingerprint density at radius 2 is 2.11 bits per heavy atom. The zero-order valence-corrected chi connectivity index (χ0v) is 12.0. The number of hydrogen-bond donors (Lipinski definition) is 1. The van der Waals surface area contributed by atoms with Crippen LogP contribution in [0.2, 0.25) is 0 Å². The molecule has 1 fully saturated rings. The molecule has 1 N–H and O–H groups in total. The Kier molecular flexibility index (Phi) is 3.30. The summed E-state index contributed by atoms with van der Waals surface area (Å²) in [6.07, 6.45) is 5.33. The number of hydrogen-bond acceptors (Lipinski definition) is 2. The second-order valence-corrected chi connectivity index (χ2v) is 6.46. The molecule has 1 heterocycles. The van der Waals surface area contributed by atoms with E-state index < -0.39 is 5.60 Å². The summed E-state index contributed by atoms with van der Waals surface area (Å²) in [5.74, 6) is 1.86. The standard InChI is InChI=1S/C17H24O2/c1-12-8-9-13(2)17(18,11-12)15-7-3-5-14-6-4-10-19-16(14)15/h3,5,7,12-13,18H,4,6,8-11H2,1-2H3. The van der Waals surface area contributed by atoms with Crippen molar-refractivity contribution >= 4 is 0 Å². The van der Waals surface area contributed by atoms with Gasteiger partial charge in [-0.05, 0) is 43.1 Å². The van der Waals surface area contributed by atoms with Gasteiger partial charge < -0.3 is 9.84 Å². The number of aliphatic hydroxyl groups is 1. The van der Waals surface area contributed by atoms with E-state index in [0.29, 0.717) is 11.8 Å². The van der Waals surface area contributed by atoms with Crippen LogP contribution < -0.4 is 4.74 Å². The van der Waals surface area contributed by atoms with Crippen LogP contribution in [-0.4, -0.2) is 11.7 Å². The van der Waals surface area contributed by atoms with Gasteiger partial charge >= 0.3 is 0 Å². The Morgan fingerprint density at radius 1 is 1.26 bits per heavy atom. The van der Waals surface area contributed by atoms with Gasteiger partial charge in [-0.25, -0.2) is 0 Å². The predicted octanol–water partition coefficient (Wildman–Crippen LogP) is 3.66. The molecule has 0 aromatic heterocycles. The molecule has 2 heteroatoms. The van der Waals surface area contributed by atoms with E-state index in [1.54, 1.807) is 0 Å². The normalized spacial score (nSPS) is 34.5. The number of ether oxygens (including phenoxy) is 1. The zero-order chi connectivity index (χ0) is 13.5. The van der Waals surface area contributed by atoms with Gasteiger partial charge in [0.2, 0.25) is 0 Å². The number of benzene rings is 1. The molecule has 3 unspecified atom stereocenters. The minimum absolute atomic E-state index is 0.306. The SMILES string of the molecule is CC1CCC(C)C(O)(c2cccc3c2OCCC3)C1. The number of fused-ring (bicyclic) bond motifs is 1. The quantitative estimate of drug-likeness (QED) is 0.835. The molecule has 1 aromatic rings. The van der Waals surface area contributed by atoms with Crippen LogP contribution in [0, 0.1) is 11.8 Å². The average molecular weight is 260 g/mol. The summed E-state index contributed by atoms with van der Waals surface area (Å²) in [6, 6.07) is 6.28. The van der Waals surface area contributed by atoms with Gasteiger partial charge in [0.05, 0.1) is 12.2 Å². The summed E-state index contributed by atoms with van der Waals surface area (Å²) in [5.41, 5.74) is 1.59. The highest BCUT2D eigenvalue weighted by molar-refractivity contribution is 5.46. The molecule has 1 aliphatic heterocycles. The topological polar surface area (TPSA) is 29.5 Å². The molecule has 1 saturated carbocycles. The lowest BCUT2D eigenvalue weighted by Gasteiger charge is -2.42. The van der Waals surface area contributed by atoms with E-state index in [-0.39, 0.29) is 0 Å². The fourth-order valence-corrected chi connectivity index (χ4v) is 3.71. The molecule has 3 rings (SSSR count). The number of para-hydroxylation sites is 1. The van der Waals surface area contributed by atoms with Crippen LogP contribution in [-0.2, 0) is 12.0 Å². The maximum absolute atomic E-state index is 11.3. The molecule has 0 radical (unpaired) electrons. The first-order chi connectivity index (χ1) is 9.11. The molecule has 2 aliphatic rings. The maximum atomic E-state index is 11.3. The molecule has 0 amide bonds. The van der Waals surface area contributed by atoms with Crippen LogP contribution in [0.15, 0.2) is 18.2 Å². The maximum Gasteiger partial charge on any atom is 0.128 e. The molecule has 19 heavy (non-hydrogen) atoms. The van der Waals surface area contributed by atoms with E-state index >= 15 is 0 Å². The first kappa shape index (κ1) is 13.0. The summed E-state index contributed by atoms with van der Waals surface area (Å²) in [7, 11) is 0. The van der Waals surface area contributed by atoms with Crippen molar-refractivity contribution in [2.75, 3.05) is 6.61 Å². The van der Waals surface area contributed by atoms with Crippen LogP contribution in [0.1, 0.15) is 50.7 Å². The average Bonchev–Trinajstić information content (AvgIpc) is 2.42. The van der Waals surface area contributed by atoms with Gasteiger partial charge in [-0.15, -0.1) is 0 Å². The number of aryl methyl sites for hydroxylation is 1. The van der Waals surface area contributed by atoms with Crippen LogP contribution in [0.25, 0.3) is 0 Å². The Labute approximate surface area is 115 Å². The third kappa shape index (κ3) is 2.16. The van der Waals surface area contributed by atoms with E-state index in [4.69, 9.17) is 4.74 Å². The highest BCUT2D eigenvalue weighted by atomic mass is 16.5. The molecular formula is C17H24O2. The molecular weight excluding hydrogens is 236 g/mol. The summed E-state index contributed by atoms with van der Waals surface area (Å²) >= 11 is 0. The highest BCUT2D eigenvalue weighted by Gasteiger charge is 2.42. The van der Waals surface area contributed by atoms with Gasteiger partial charge in [-0.2, -0.15) is 0 Å². The van der Waals surface area contributed by atoms with Crippen molar-refractivity contribution in [3.8, 4) is 5.75 Å². The lowest BCUT2D eigenvalue weighted by atomic mass is 9.68. The van der Waals surface area contributed by atoms with Crippen LogP contribution in [0.5, 0.6) is 5.75 Å². The van der Waals surface area contributed by atoms with E-state index in [1.165, 1.54) is 12.0 Å². The van der Waals surface area contributed by atoms with E-state index in [1.807, 2.05) is 0 Å². The highest BCUT2D eigenvalue weighted by Crippen LogP contribution is 2.48. The minimum atomic E-state index is -0.708. The number of rotatable bonds is 1. The monoisotopic (exact) mass is 260 g/mol. The second kappa shape index (κ2) is 4.82. The second-order valence-electron chi connectivity index (χ2n) is 6.46. The fourth-order valence-electron chi connectivity index (χ4n) is 3.71. The third-order valence-electron chi connectivity index (χ3n) is 4.97. The van der Waals surface area contributed by atoms with Gasteiger partial charge in [0.1, 0.15) is 5.75 Å². The molecule has 3 atom stereocenters. The zero-order valence-electron chi connectivity index (χ0n) is 12.0. The molecule has 2 nitrogen and oxygen atoms in total. The fraction of sp³-hybridized carbons (Fsp3) is 0.647. The minimum Gasteiger partial charge on any atom is -0.493 e. The van der Waals surface area contributed by atoms with Crippen LogP contribution >= 0.6 is 0 Å². The lowest BCUT2D eigenvalue weighted by molar-refractivity contribution is -0.0646. The van der Waals surface area contributed by atoms with E-state index in [0.717, 1.165) is 43.6 Å². The molecule has 1 aromatic carbocycles. The van der Waals surface area contributed by atoms with Crippen molar-refractivity contribution in [3.05, 3.63) is 29.3 Å². The van der Waals surface area contributed by atoms with Crippen molar-refractivity contribution in [1.29, 1.82) is 0 Å².